The molecule has 3 aliphatic rings. The molecule has 0 saturated heterocycles. The molecule has 2 aromatic heterocycles. The molecule has 45 heteroatoms. The maximum atomic E-state index is 15.9. The Labute approximate surface area is 743 Å². The minimum Gasteiger partial charge on any atom is -0.480 e. The number of pyridine rings is 2. The number of halogens is 1. The van der Waals surface area contributed by atoms with E-state index in [4.69, 9.17) is 34.8 Å². The molecule has 7 rings (SSSR count). The number of rotatable bonds is 44. The number of esters is 1. The third kappa shape index (κ3) is 27.2. The van der Waals surface area contributed by atoms with Gasteiger partial charge in [-0.25, -0.2) is 19.0 Å². The summed E-state index contributed by atoms with van der Waals surface area (Å²) in [6.45, 7) is 2.44. The van der Waals surface area contributed by atoms with E-state index < -0.39 is 252 Å². The smallest absolute Gasteiger partial charge is 0.408 e. The first-order chi connectivity index (χ1) is 60.6. The van der Waals surface area contributed by atoms with Crippen molar-refractivity contribution in [1.82, 2.24) is 85.1 Å². The molecule has 704 valence electrons. The first-order valence-electron chi connectivity index (χ1n) is 41.4. The number of hydrogen-bond acceptors (Lipinski definition) is 26. The largest absolute Gasteiger partial charge is 0.480 e. The molecule has 1 aliphatic carbocycles. The summed E-state index contributed by atoms with van der Waals surface area (Å²) in [5.41, 5.74) is 5.83. The molecular formula is C84H116FN19O25. The predicted octanol–water partition coefficient (Wildman–Crippen LogP) is -3.37. The maximum Gasteiger partial charge on any atom is 0.408 e. The Morgan fingerprint density at radius 3 is 1.59 bits per heavy atom. The number of nitrogens with one attached hydrogen (secondary N) is 6. The number of nitrogens with zero attached hydrogens (tertiary/aromatic N) is 12. The number of cyclic esters (lactones) is 1. The molecule has 2 aromatic carbocycles. The van der Waals surface area contributed by atoms with E-state index in [1.54, 1.807) is 27.7 Å². The van der Waals surface area contributed by atoms with Gasteiger partial charge in [0.15, 0.2) is 5.60 Å². The molecule has 0 spiro atoms. The van der Waals surface area contributed by atoms with E-state index >= 15 is 4.39 Å². The summed E-state index contributed by atoms with van der Waals surface area (Å²) in [4.78, 5) is 267. The molecule has 44 nitrogen and oxygen atoms in total. The molecule has 2 aliphatic heterocycles. The van der Waals surface area contributed by atoms with E-state index in [0.29, 0.717) is 27.6 Å². The Hall–Kier alpha value is -13.2. The van der Waals surface area contributed by atoms with E-state index in [2.05, 4.69) is 31.9 Å². The number of aliphatic hydroxyl groups is 1. The van der Waals surface area contributed by atoms with Crippen LogP contribution in [-0.4, -0.2) is 369 Å². The van der Waals surface area contributed by atoms with Gasteiger partial charge in [0.1, 0.15) is 49.8 Å². The summed E-state index contributed by atoms with van der Waals surface area (Å²) >= 11 is 0. The molecule has 10 N–H and O–H groups in total. The number of carboxylic acids is 1. The van der Waals surface area contributed by atoms with Gasteiger partial charge >= 0.3 is 18.0 Å². The second-order valence-corrected chi connectivity index (χ2v) is 32.5. The van der Waals surface area contributed by atoms with E-state index in [1.165, 1.54) is 125 Å². The Kier molecular flexibility index (Phi) is 36.7. The van der Waals surface area contributed by atoms with Crippen LogP contribution < -0.4 is 43.2 Å². The Morgan fingerprint density at radius 2 is 1.12 bits per heavy atom. The molecule has 0 fully saturated rings. The summed E-state index contributed by atoms with van der Waals surface area (Å²) in [5.74, 6) is -13.7. The molecular weight excluding hydrogens is 1690 g/mol. The molecule has 129 heavy (non-hydrogen) atoms. The number of aromatic nitrogens is 2. The van der Waals surface area contributed by atoms with E-state index in [9.17, 15) is 96.2 Å². The van der Waals surface area contributed by atoms with E-state index in [1.807, 2.05) is 0 Å². The number of carbonyl (C=O) groups is 18. The number of amides is 16. The molecule has 4 heterocycles. The van der Waals surface area contributed by atoms with Crippen molar-refractivity contribution in [3.05, 3.63) is 91.5 Å². The van der Waals surface area contributed by atoms with Crippen molar-refractivity contribution < 1.29 is 120 Å². The lowest BCUT2D eigenvalue weighted by atomic mass is 9.81. The number of nitrogens with two attached hydrogens (primary N) is 1. The third-order valence-electron chi connectivity index (χ3n) is 22.1. The van der Waals surface area contributed by atoms with Crippen LogP contribution in [0.15, 0.2) is 41.2 Å². The predicted molar refractivity (Wildman–Crippen MR) is 457 cm³/mol. The molecule has 0 bridgehead atoms. The number of anilines is 1. The number of alkyl carbamates (subject to hydrolysis) is 1. The standard InChI is InChI=1S/C84H116FN19O25/c1-17-84(125)55-30-60-77-53(33-104(60)80(121)54(55)44-128-82(84)123)75-57(23-22-52-47(4)56(85)31-59(92-77)74(52)75)93-83(124)129-61(50-18-20-51(21-19-50)90-78(119)48(5)88-79(120)76(46(2)3)89-49(6)105)32-87-62(106)25-24-58(91-63(107)45-127-29-28-126-27-26-86)81(122)103(16)42-72(116)101(14)40-70(114)99(12)38-68(112)97(10)36-66(110)95(8)34-64(108)94(7)35-65(109)96(9)37-67(111)98(11)39-69(113)100(13)41-71(115)102(15)43-73(117)118/h18-21,30-31,46,48,57-58,61,76,125H,17,22-29,32-45,86H2,1-16H3,(H,87,106)(H,88,120)(H,89,105)(H,90,119)(H,91,107)(H,93,124)(H,117,118)/t48-,57-,58?,61+,76-,84-/m0/s1. The van der Waals surface area contributed by atoms with Crippen LogP contribution in [0, 0.1) is 18.7 Å². The van der Waals surface area contributed by atoms with Crippen molar-refractivity contribution in [3.63, 3.8) is 0 Å². The monoisotopic (exact) mass is 1810 g/mol. The van der Waals surface area contributed by atoms with Gasteiger partial charge in [0.05, 0.1) is 120 Å². The van der Waals surface area contributed by atoms with Crippen LogP contribution in [0.4, 0.5) is 14.9 Å². The van der Waals surface area contributed by atoms with Crippen molar-refractivity contribution in [2.45, 2.75) is 123 Å². The summed E-state index contributed by atoms with van der Waals surface area (Å²) in [6, 6.07) is 4.11. The lowest BCUT2D eigenvalue weighted by molar-refractivity contribution is -0.172. The molecule has 0 radical (unpaired) electrons. The fraction of sp³-hybridized carbons (Fsp3) is 0.548. The van der Waals surface area contributed by atoms with E-state index in [0.717, 1.165) is 49.0 Å². The number of ether oxygens (including phenoxy) is 4. The van der Waals surface area contributed by atoms with Crippen LogP contribution in [0.2, 0.25) is 0 Å². The fourth-order valence-electron chi connectivity index (χ4n) is 14.2. The van der Waals surface area contributed by atoms with E-state index in [-0.39, 0.29) is 97.4 Å². The van der Waals surface area contributed by atoms with Crippen molar-refractivity contribution >= 4 is 123 Å². The number of fused-ring (bicyclic) bond motifs is 5. The number of hydrogen-bond donors (Lipinski definition) is 9. The zero-order chi connectivity index (χ0) is 96.1. The van der Waals surface area contributed by atoms with Gasteiger partial charge in [-0.1, -0.05) is 32.9 Å². The van der Waals surface area contributed by atoms with Gasteiger partial charge in [-0.2, -0.15) is 0 Å². The van der Waals surface area contributed by atoms with Gasteiger partial charge in [0.25, 0.3) is 5.56 Å². The normalized spacial score (nSPS) is 14.8. The molecule has 4 aromatic rings. The highest BCUT2D eigenvalue weighted by Gasteiger charge is 2.47. The second kappa shape index (κ2) is 46.0. The number of aliphatic carboxylic acids is 1. The van der Waals surface area contributed by atoms with Gasteiger partial charge < -0.3 is 120 Å². The van der Waals surface area contributed by atoms with Crippen molar-refractivity contribution in [2.24, 2.45) is 11.7 Å². The average molecular weight is 1810 g/mol. The van der Waals surface area contributed by atoms with Gasteiger partial charge in [-0.05, 0) is 85.9 Å². The molecule has 0 saturated carbocycles. The molecule has 16 amide bonds. The van der Waals surface area contributed by atoms with Crippen LogP contribution in [0.25, 0.3) is 22.3 Å². The maximum absolute atomic E-state index is 15.9. The highest BCUT2D eigenvalue weighted by Crippen LogP contribution is 2.46. The molecule has 1 unspecified atom stereocenters. The number of carboxylic acid groups (broad SMARTS) is 1. The first kappa shape index (κ1) is 103. The highest BCUT2D eigenvalue weighted by atomic mass is 19.1. The zero-order valence-electron chi connectivity index (χ0n) is 75.3. The van der Waals surface area contributed by atoms with Crippen molar-refractivity contribution in [3.8, 4) is 11.4 Å². The van der Waals surface area contributed by atoms with Gasteiger partial charge in [0.2, 0.25) is 88.6 Å². The zero-order valence-corrected chi connectivity index (χ0v) is 75.3. The highest BCUT2D eigenvalue weighted by molar-refractivity contribution is 6.00. The fourth-order valence-corrected chi connectivity index (χ4v) is 14.2. The number of aryl methyl sites for hydroxylation is 1. The minimum atomic E-state index is -2.17. The SMILES string of the molecule is CC[C@@]1(O)C(=O)OCc2c1cc1n(c2=O)Cc2c-1nc1cc(F)c(C)c3c1c2[C@@H](NC(=O)O[C@H](CNC(=O)CCC(NC(=O)COCCOCCN)C(=O)N(C)CC(=O)N(C)CC(=O)N(C)CC(=O)N(C)CC(=O)N(C)CC(=O)N(C)CC(=O)N(C)CC(=O)N(C)CC(=O)N(C)CC(=O)N(C)CC(=O)O)c1ccc(NC(=O)[C@H](C)NC(=O)[C@@H](NC(C)=O)C(C)C)cc1)CC3. The van der Waals surface area contributed by atoms with Gasteiger partial charge in [-0.3, -0.25) is 81.5 Å². The topological polar surface area (TPSA) is 550 Å². The van der Waals surface area contributed by atoms with Crippen LogP contribution in [-0.2, 0) is 126 Å². The average Bonchev–Trinajstić information content (AvgIpc) is 1.57. The van der Waals surface area contributed by atoms with Crippen molar-refractivity contribution in [1.29, 1.82) is 0 Å². The Balaban J connectivity index is 0.992. The van der Waals surface area contributed by atoms with Crippen LogP contribution in [0.1, 0.15) is 111 Å². The number of benzene rings is 2. The summed E-state index contributed by atoms with van der Waals surface area (Å²) in [5, 5.41) is 37.2. The summed E-state index contributed by atoms with van der Waals surface area (Å²) in [6.07, 6.45) is -3.08. The van der Waals surface area contributed by atoms with Crippen LogP contribution in [0.3, 0.4) is 0 Å². The Bertz CT molecular complexity index is 5030. The summed E-state index contributed by atoms with van der Waals surface area (Å²) in [7, 11) is 12.6. The van der Waals surface area contributed by atoms with Gasteiger partial charge in [0, 0.05) is 119 Å². The number of carbonyl (C=O) groups excluding carboxylic acids is 17. The van der Waals surface area contributed by atoms with Gasteiger partial charge in [-0.15, -0.1) is 0 Å². The second-order valence-electron chi connectivity index (χ2n) is 32.5. The molecule has 6 atom stereocenters. The van der Waals surface area contributed by atoms with Crippen LogP contribution >= 0.6 is 0 Å². The first-order valence-corrected chi connectivity index (χ1v) is 41.4. The lowest BCUT2D eigenvalue weighted by Crippen LogP contribution is -2.53. The number of likely N-dealkylation sites (N-methyl/N-ethyl adjacent to an activating group) is 10. The minimum absolute atomic E-state index is 0.0384. The van der Waals surface area contributed by atoms with Crippen molar-refractivity contribution in [2.75, 3.05) is 181 Å². The summed E-state index contributed by atoms with van der Waals surface area (Å²) < 4.78 is 39.6. The Morgan fingerprint density at radius 1 is 0.628 bits per heavy atom. The quantitative estimate of drug-likeness (QED) is 0.0136. The lowest BCUT2D eigenvalue weighted by Gasteiger charge is -2.31. The third-order valence-corrected chi connectivity index (χ3v) is 22.1. The van der Waals surface area contributed by atoms with Crippen LogP contribution in [0.5, 0.6) is 0 Å².